The number of methoxy groups -OCH3 is 1. The minimum absolute atomic E-state index is 0. The monoisotopic (exact) mass is 328 g/mol. The Labute approximate surface area is 138 Å². The number of benzene rings is 1. The molecule has 5 nitrogen and oxygen atoms in total. The summed E-state index contributed by atoms with van der Waals surface area (Å²) in [5.74, 6) is 2.37. The summed E-state index contributed by atoms with van der Waals surface area (Å²) in [5, 5.41) is 6.03. The molecular formula is C16H25ClN2O3. The number of ether oxygens (including phenoxy) is 2. The second-order valence-corrected chi connectivity index (χ2v) is 5.48. The van der Waals surface area contributed by atoms with Crippen molar-refractivity contribution in [3.05, 3.63) is 24.3 Å². The van der Waals surface area contributed by atoms with Gasteiger partial charge in [-0.2, -0.15) is 0 Å². The molecule has 124 valence electrons. The van der Waals surface area contributed by atoms with Crippen molar-refractivity contribution in [3.63, 3.8) is 0 Å². The van der Waals surface area contributed by atoms with Gasteiger partial charge in [0.15, 0.2) is 0 Å². The van der Waals surface area contributed by atoms with Crippen LogP contribution in [0.3, 0.4) is 0 Å². The molecule has 0 aliphatic heterocycles. The molecule has 1 amide bonds. The molecule has 0 aromatic heterocycles. The molecule has 1 saturated carbocycles. The first-order valence-electron chi connectivity index (χ1n) is 7.45. The molecule has 1 aromatic carbocycles. The Morgan fingerprint density at radius 2 is 1.91 bits per heavy atom. The standard InChI is InChI=1S/C16H24N2O3.ClH/c1-12(21-15-7-5-14(20-2)6-8-15)9-18-16(19)11-17-10-13-3-4-13;/h5-8,12-13,17H,3-4,9-11H2,1-2H3,(H,18,19);1H. The first-order valence-corrected chi connectivity index (χ1v) is 7.45. The number of carbonyl (C=O) groups excluding carboxylic acids is 1. The molecule has 2 N–H and O–H groups in total. The van der Waals surface area contributed by atoms with Crippen molar-refractivity contribution < 1.29 is 14.3 Å². The largest absolute Gasteiger partial charge is 0.497 e. The van der Waals surface area contributed by atoms with Gasteiger partial charge >= 0.3 is 0 Å². The highest BCUT2D eigenvalue weighted by Gasteiger charge is 2.20. The summed E-state index contributed by atoms with van der Waals surface area (Å²) >= 11 is 0. The molecule has 0 spiro atoms. The van der Waals surface area contributed by atoms with E-state index in [2.05, 4.69) is 10.6 Å². The van der Waals surface area contributed by atoms with Gasteiger partial charge in [-0.15, -0.1) is 12.4 Å². The van der Waals surface area contributed by atoms with E-state index in [-0.39, 0.29) is 24.4 Å². The van der Waals surface area contributed by atoms with E-state index in [0.717, 1.165) is 24.0 Å². The van der Waals surface area contributed by atoms with Crippen LogP contribution in [0.2, 0.25) is 0 Å². The van der Waals surface area contributed by atoms with Crippen LogP contribution in [0.1, 0.15) is 19.8 Å². The zero-order chi connectivity index (χ0) is 15.1. The number of amides is 1. The SMILES string of the molecule is COc1ccc(OC(C)CNC(=O)CNCC2CC2)cc1.Cl. The lowest BCUT2D eigenvalue weighted by molar-refractivity contribution is -0.120. The maximum atomic E-state index is 11.6. The van der Waals surface area contributed by atoms with Gasteiger partial charge in [-0.3, -0.25) is 4.79 Å². The van der Waals surface area contributed by atoms with Crippen molar-refractivity contribution in [2.45, 2.75) is 25.9 Å². The first kappa shape index (κ1) is 18.6. The summed E-state index contributed by atoms with van der Waals surface area (Å²) < 4.78 is 10.8. The van der Waals surface area contributed by atoms with E-state index in [1.165, 1.54) is 12.8 Å². The van der Waals surface area contributed by atoms with Gasteiger partial charge in [-0.1, -0.05) is 0 Å². The lowest BCUT2D eigenvalue weighted by atomic mass is 10.3. The van der Waals surface area contributed by atoms with E-state index >= 15 is 0 Å². The summed E-state index contributed by atoms with van der Waals surface area (Å²) in [6.45, 7) is 3.76. The smallest absolute Gasteiger partial charge is 0.234 e. The predicted molar refractivity (Wildman–Crippen MR) is 88.9 cm³/mol. The number of hydrogen-bond acceptors (Lipinski definition) is 4. The van der Waals surface area contributed by atoms with E-state index in [0.29, 0.717) is 13.1 Å². The minimum atomic E-state index is -0.0780. The van der Waals surface area contributed by atoms with Gasteiger partial charge in [0, 0.05) is 0 Å². The molecule has 1 fully saturated rings. The fraction of sp³-hybridized carbons (Fsp3) is 0.562. The van der Waals surface area contributed by atoms with E-state index in [1.807, 2.05) is 31.2 Å². The molecule has 0 radical (unpaired) electrons. The summed E-state index contributed by atoms with van der Waals surface area (Å²) in [7, 11) is 1.63. The quantitative estimate of drug-likeness (QED) is 0.728. The number of rotatable bonds is 9. The first-order chi connectivity index (χ1) is 10.2. The Morgan fingerprint density at radius 1 is 1.27 bits per heavy atom. The molecule has 22 heavy (non-hydrogen) atoms. The van der Waals surface area contributed by atoms with Crippen LogP contribution < -0.4 is 20.1 Å². The highest BCUT2D eigenvalue weighted by Crippen LogP contribution is 2.27. The third kappa shape index (κ3) is 7.00. The summed E-state index contributed by atoms with van der Waals surface area (Å²) in [6, 6.07) is 7.41. The van der Waals surface area contributed by atoms with Crippen LogP contribution in [-0.4, -0.2) is 38.8 Å². The lowest BCUT2D eigenvalue weighted by Gasteiger charge is -2.16. The third-order valence-corrected chi connectivity index (χ3v) is 3.40. The molecule has 1 aromatic rings. The molecule has 1 aliphatic rings. The molecule has 6 heteroatoms. The second-order valence-electron chi connectivity index (χ2n) is 5.48. The molecule has 0 heterocycles. The van der Waals surface area contributed by atoms with Crippen LogP contribution in [0.25, 0.3) is 0 Å². The highest BCUT2D eigenvalue weighted by atomic mass is 35.5. The van der Waals surface area contributed by atoms with Crippen LogP contribution in [0.4, 0.5) is 0 Å². The van der Waals surface area contributed by atoms with Gasteiger partial charge in [-0.25, -0.2) is 0 Å². The normalized spacial score (nSPS) is 14.6. The Balaban J connectivity index is 0.00000242. The van der Waals surface area contributed by atoms with Crippen molar-refractivity contribution in [1.29, 1.82) is 0 Å². The average molecular weight is 329 g/mol. The van der Waals surface area contributed by atoms with Crippen molar-refractivity contribution in [3.8, 4) is 11.5 Å². The fourth-order valence-electron chi connectivity index (χ4n) is 1.96. The Morgan fingerprint density at radius 3 is 2.50 bits per heavy atom. The fourth-order valence-corrected chi connectivity index (χ4v) is 1.96. The molecule has 0 bridgehead atoms. The molecule has 2 rings (SSSR count). The summed E-state index contributed by atoms with van der Waals surface area (Å²) in [4.78, 5) is 11.6. The molecule has 0 saturated heterocycles. The number of carbonyl (C=O) groups is 1. The van der Waals surface area contributed by atoms with E-state index in [4.69, 9.17) is 9.47 Å². The van der Waals surface area contributed by atoms with Crippen LogP contribution in [-0.2, 0) is 4.79 Å². The van der Waals surface area contributed by atoms with E-state index in [9.17, 15) is 4.79 Å². The highest BCUT2D eigenvalue weighted by molar-refractivity contribution is 5.85. The van der Waals surface area contributed by atoms with Crippen molar-refractivity contribution in [2.75, 3.05) is 26.7 Å². The number of halogens is 1. The zero-order valence-electron chi connectivity index (χ0n) is 13.1. The molecule has 1 aliphatic carbocycles. The average Bonchev–Trinajstić information content (AvgIpc) is 3.30. The van der Waals surface area contributed by atoms with Crippen LogP contribution in [0.5, 0.6) is 11.5 Å². The van der Waals surface area contributed by atoms with Gasteiger partial charge in [0.05, 0.1) is 20.2 Å². The van der Waals surface area contributed by atoms with Crippen molar-refractivity contribution in [2.24, 2.45) is 5.92 Å². The zero-order valence-corrected chi connectivity index (χ0v) is 13.9. The van der Waals surface area contributed by atoms with Gasteiger partial charge < -0.3 is 20.1 Å². The molecular weight excluding hydrogens is 304 g/mol. The maximum absolute atomic E-state index is 11.6. The van der Waals surface area contributed by atoms with Gasteiger partial charge in [0.1, 0.15) is 17.6 Å². The van der Waals surface area contributed by atoms with Gasteiger partial charge in [-0.05, 0) is 56.5 Å². The van der Waals surface area contributed by atoms with Crippen molar-refractivity contribution >= 4 is 18.3 Å². The van der Waals surface area contributed by atoms with E-state index in [1.54, 1.807) is 7.11 Å². The van der Waals surface area contributed by atoms with Crippen molar-refractivity contribution in [1.82, 2.24) is 10.6 Å². The Hall–Kier alpha value is -1.46. The predicted octanol–water partition coefficient (Wildman–Crippen LogP) is 2.00. The van der Waals surface area contributed by atoms with Gasteiger partial charge in [0.25, 0.3) is 0 Å². The number of nitrogens with one attached hydrogen (secondary N) is 2. The van der Waals surface area contributed by atoms with Crippen LogP contribution in [0.15, 0.2) is 24.3 Å². The second kappa shape index (κ2) is 9.54. The lowest BCUT2D eigenvalue weighted by Crippen LogP contribution is -2.39. The Kier molecular flexibility index (Phi) is 8.06. The summed E-state index contributed by atoms with van der Waals surface area (Å²) in [6.07, 6.45) is 2.51. The maximum Gasteiger partial charge on any atom is 0.234 e. The minimum Gasteiger partial charge on any atom is -0.497 e. The number of hydrogen-bond donors (Lipinski definition) is 2. The van der Waals surface area contributed by atoms with Gasteiger partial charge in [0.2, 0.25) is 5.91 Å². The molecule has 1 unspecified atom stereocenters. The van der Waals surface area contributed by atoms with E-state index < -0.39 is 0 Å². The summed E-state index contributed by atoms with van der Waals surface area (Å²) in [5.41, 5.74) is 0. The van der Waals surface area contributed by atoms with Crippen LogP contribution >= 0.6 is 12.4 Å². The molecule has 1 atom stereocenters. The third-order valence-electron chi connectivity index (χ3n) is 3.40. The topological polar surface area (TPSA) is 59.6 Å². The van der Waals surface area contributed by atoms with Crippen LogP contribution in [0, 0.1) is 5.92 Å². The Bertz CT molecular complexity index is 449.